The number of hydrogen-bond donors (Lipinski definition) is 0. The van der Waals surface area contributed by atoms with Crippen molar-refractivity contribution in [3.8, 4) is 0 Å². The highest BCUT2D eigenvalue weighted by molar-refractivity contribution is 5.60. The first kappa shape index (κ1) is 8.09. The van der Waals surface area contributed by atoms with Crippen molar-refractivity contribution in [3.05, 3.63) is 0 Å². The number of fused-ring (bicyclic) bond motifs is 1. The van der Waals surface area contributed by atoms with E-state index < -0.39 is 0 Å². The minimum atomic E-state index is 0.344. The van der Waals surface area contributed by atoms with E-state index in [0.29, 0.717) is 11.6 Å². The normalized spacial score (nSPS) is 41.2. The molecule has 1 aliphatic carbocycles. The standard InChI is InChI=1S/C10H18N2/c1-10-7-5-3-4-6-9(10)11-8-12(10)2/h8-9H,3-7H2,1-2H3. The predicted octanol–water partition coefficient (Wildman–Crippen LogP) is 2.05. The van der Waals surface area contributed by atoms with Crippen LogP contribution in [0.1, 0.15) is 39.0 Å². The molecule has 0 aromatic carbocycles. The Morgan fingerprint density at radius 2 is 2.25 bits per heavy atom. The summed E-state index contributed by atoms with van der Waals surface area (Å²) in [5, 5.41) is 0. The van der Waals surface area contributed by atoms with Crippen LogP contribution in [0.3, 0.4) is 0 Å². The molecule has 0 N–H and O–H groups in total. The van der Waals surface area contributed by atoms with Crippen LogP contribution in [0.2, 0.25) is 0 Å². The van der Waals surface area contributed by atoms with E-state index in [0.717, 1.165) is 0 Å². The van der Waals surface area contributed by atoms with Crippen LogP contribution in [0.5, 0.6) is 0 Å². The Bertz CT molecular complexity index is 200. The third kappa shape index (κ3) is 1.05. The highest BCUT2D eigenvalue weighted by Crippen LogP contribution is 2.35. The maximum Gasteiger partial charge on any atom is 0.0857 e. The van der Waals surface area contributed by atoms with Crippen molar-refractivity contribution < 1.29 is 0 Å². The number of hydrogen-bond acceptors (Lipinski definition) is 2. The summed E-state index contributed by atoms with van der Waals surface area (Å²) in [6.45, 7) is 2.36. The van der Waals surface area contributed by atoms with Gasteiger partial charge in [-0.05, 0) is 19.8 Å². The molecule has 2 aliphatic rings. The lowest BCUT2D eigenvalue weighted by Crippen LogP contribution is -2.46. The molecule has 0 aromatic rings. The van der Waals surface area contributed by atoms with E-state index in [4.69, 9.17) is 0 Å². The van der Waals surface area contributed by atoms with E-state index in [-0.39, 0.29) is 0 Å². The van der Waals surface area contributed by atoms with Crippen LogP contribution in [0.25, 0.3) is 0 Å². The van der Waals surface area contributed by atoms with Gasteiger partial charge in [0.1, 0.15) is 0 Å². The van der Waals surface area contributed by atoms with Gasteiger partial charge in [0, 0.05) is 7.05 Å². The summed E-state index contributed by atoms with van der Waals surface area (Å²) in [5.41, 5.74) is 0.344. The summed E-state index contributed by atoms with van der Waals surface area (Å²) < 4.78 is 0. The first-order valence-electron chi connectivity index (χ1n) is 5.00. The van der Waals surface area contributed by atoms with Crippen molar-refractivity contribution in [2.24, 2.45) is 4.99 Å². The van der Waals surface area contributed by atoms with Gasteiger partial charge >= 0.3 is 0 Å². The molecule has 2 heteroatoms. The fourth-order valence-electron chi connectivity index (χ4n) is 2.43. The average molecular weight is 166 g/mol. The molecule has 0 aromatic heterocycles. The van der Waals surface area contributed by atoms with Gasteiger partial charge < -0.3 is 4.90 Å². The Morgan fingerprint density at radius 1 is 1.42 bits per heavy atom. The number of aliphatic imine (C=N–C) groups is 1. The SMILES string of the molecule is CN1C=NC2CCCCCC21C. The molecule has 68 valence electrons. The van der Waals surface area contributed by atoms with Gasteiger partial charge in [-0.25, -0.2) is 0 Å². The second-order valence-corrected chi connectivity index (χ2v) is 4.35. The Hall–Kier alpha value is -0.530. The second-order valence-electron chi connectivity index (χ2n) is 4.35. The van der Waals surface area contributed by atoms with Crippen LogP contribution in [0.4, 0.5) is 0 Å². The number of rotatable bonds is 0. The summed E-state index contributed by atoms with van der Waals surface area (Å²) in [6, 6.07) is 0.574. The molecule has 2 nitrogen and oxygen atoms in total. The van der Waals surface area contributed by atoms with Crippen molar-refractivity contribution in [2.75, 3.05) is 7.05 Å². The first-order chi connectivity index (χ1) is 5.73. The van der Waals surface area contributed by atoms with E-state index in [1.165, 1.54) is 32.1 Å². The summed E-state index contributed by atoms with van der Waals surface area (Å²) in [4.78, 5) is 6.88. The highest BCUT2D eigenvalue weighted by Gasteiger charge is 2.40. The lowest BCUT2D eigenvalue weighted by molar-refractivity contribution is 0.205. The number of nitrogens with zero attached hydrogens (tertiary/aromatic N) is 2. The van der Waals surface area contributed by atoms with Gasteiger partial charge in [-0.15, -0.1) is 0 Å². The molecule has 0 bridgehead atoms. The largest absolute Gasteiger partial charge is 0.358 e. The van der Waals surface area contributed by atoms with E-state index in [1.807, 2.05) is 6.34 Å². The monoisotopic (exact) mass is 166 g/mol. The van der Waals surface area contributed by atoms with E-state index in [2.05, 4.69) is 23.9 Å². The minimum Gasteiger partial charge on any atom is -0.358 e. The smallest absolute Gasteiger partial charge is 0.0857 e. The van der Waals surface area contributed by atoms with Gasteiger partial charge in [-0.3, -0.25) is 4.99 Å². The number of likely N-dealkylation sites (N-methyl/N-ethyl adjacent to an activating group) is 1. The van der Waals surface area contributed by atoms with Crippen LogP contribution >= 0.6 is 0 Å². The van der Waals surface area contributed by atoms with Crippen LogP contribution < -0.4 is 0 Å². The zero-order valence-corrected chi connectivity index (χ0v) is 8.08. The van der Waals surface area contributed by atoms with E-state index in [9.17, 15) is 0 Å². The molecule has 0 saturated heterocycles. The van der Waals surface area contributed by atoms with Crippen molar-refractivity contribution in [1.82, 2.24) is 4.90 Å². The molecule has 0 spiro atoms. The molecule has 1 fully saturated rings. The lowest BCUT2D eigenvalue weighted by Gasteiger charge is -2.35. The minimum absolute atomic E-state index is 0.344. The topological polar surface area (TPSA) is 15.6 Å². The maximum absolute atomic E-state index is 4.57. The zero-order chi connectivity index (χ0) is 8.60. The van der Waals surface area contributed by atoms with Crippen LogP contribution in [0, 0.1) is 0 Å². The van der Waals surface area contributed by atoms with Gasteiger partial charge in [0.15, 0.2) is 0 Å². The summed E-state index contributed by atoms with van der Waals surface area (Å²) >= 11 is 0. The summed E-state index contributed by atoms with van der Waals surface area (Å²) in [6.07, 6.45) is 8.77. The fraction of sp³-hybridized carbons (Fsp3) is 0.900. The molecule has 1 saturated carbocycles. The molecular formula is C10H18N2. The van der Waals surface area contributed by atoms with Gasteiger partial charge in [-0.2, -0.15) is 0 Å². The molecule has 2 rings (SSSR count). The van der Waals surface area contributed by atoms with Gasteiger partial charge in [-0.1, -0.05) is 19.3 Å². The van der Waals surface area contributed by atoms with Crippen molar-refractivity contribution in [1.29, 1.82) is 0 Å². The molecule has 1 aliphatic heterocycles. The average Bonchev–Trinajstić information content (AvgIpc) is 2.24. The Balaban J connectivity index is 2.19. The molecule has 0 radical (unpaired) electrons. The third-order valence-corrected chi connectivity index (χ3v) is 3.60. The molecule has 2 unspecified atom stereocenters. The summed E-state index contributed by atoms with van der Waals surface area (Å²) in [7, 11) is 2.16. The van der Waals surface area contributed by atoms with Gasteiger partial charge in [0.25, 0.3) is 0 Å². The lowest BCUT2D eigenvalue weighted by atomic mass is 9.88. The van der Waals surface area contributed by atoms with Crippen LogP contribution in [-0.2, 0) is 0 Å². The molecule has 12 heavy (non-hydrogen) atoms. The Kier molecular flexibility index (Phi) is 1.85. The van der Waals surface area contributed by atoms with Crippen molar-refractivity contribution in [2.45, 2.75) is 50.6 Å². The quantitative estimate of drug-likeness (QED) is 0.538. The Labute approximate surface area is 74.7 Å². The van der Waals surface area contributed by atoms with Crippen molar-refractivity contribution in [3.63, 3.8) is 0 Å². The van der Waals surface area contributed by atoms with Crippen LogP contribution in [-0.4, -0.2) is 29.9 Å². The second kappa shape index (κ2) is 2.75. The molecule has 0 amide bonds. The summed E-state index contributed by atoms with van der Waals surface area (Å²) in [5.74, 6) is 0. The van der Waals surface area contributed by atoms with E-state index >= 15 is 0 Å². The zero-order valence-electron chi connectivity index (χ0n) is 8.08. The van der Waals surface area contributed by atoms with Crippen molar-refractivity contribution >= 4 is 6.34 Å². The van der Waals surface area contributed by atoms with Gasteiger partial charge in [0.2, 0.25) is 0 Å². The van der Waals surface area contributed by atoms with Gasteiger partial charge in [0.05, 0.1) is 17.9 Å². The highest BCUT2D eigenvalue weighted by atomic mass is 15.3. The molecule has 1 heterocycles. The Morgan fingerprint density at radius 3 is 3.08 bits per heavy atom. The molecule has 2 atom stereocenters. The van der Waals surface area contributed by atoms with Crippen LogP contribution in [0.15, 0.2) is 4.99 Å². The predicted molar refractivity (Wildman–Crippen MR) is 51.5 cm³/mol. The first-order valence-corrected chi connectivity index (χ1v) is 5.00. The fourth-order valence-corrected chi connectivity index (χ4v) is 2.43. The third-order valence-electron chi connectivity index (χ3n) is 3.60. The maximum atomic E-state index is 4.57. The van der Waals surface area contributed by atoms with E-state index in [1.54, 1.807) is 0 Å². The molecular weight excluding hydrogens is 148 g/mol.